The molecule has 0 atom stereocenters. The lowest BCUT2D eigenvalue weighted by atomic mass is 10.3. The van der Waals surface area contributed by atoms with Gasteiger partial charge in [-0.3, -0.25) is 4.79 Å². The fourth-order valence-corrected chi connectivity index (χ4v) is 1.48. The van der Waals surface area contributed by atoms with Crippen LogP contribution in [0.25, 0.3) is 0 Å². The number of hydrogen-bond donors (Lipinski definition) is 2. The van der Waals surface area contributed by atoms with Crippen LogP contribution in [0.2, 0.25) is 10.0 Å². The van der Waals surface area contributed by atoms with Crippen LogP contribution in [-0.4, -0.2) is 26.5 Å². The highest BCUT2D eigenvalue weighted by atomic mass is 35.5. The van der Waals surface area contributed by atoms with Gasteiger partial charge >= 0.3 is 0 Å². The minimum atomic E-state index is -0.259. The maximum Gasteiger partial charge on any atom is 0.232 e. The number of hydrogen-bond acceptors (Lipinski definition) is 4. The third kappa shape index (κ3) is 3.15. The Morgan fingerprint density at radius 2 is 2.18 bits per heavy atom. The van der Waals surface area contributed by atoms with Gasteiger partial charge < -0.3 is 5.32 Å². The fraction of sp³-hybridized carbons (Fsp3) is 0.111. The van der Waals surface area contributed by atoms with Gasteiger partial charge in [0, 0.05) is 5.69 Å². The first-order chi connectivity index (χ1) is 8.15. The van der Waals surface area contributed by atoms with E-state index in [1.54, 1.807) is 18.2 Å². The molecule has 8 heteroatoms. The number of benzene rings is 1. The number of tetrazole rings is 1. The minimum Gasteiger partial charge on any atom is -0.326 e. The SMILES string of the molecule is O=C(Cc1nn[nH]n1)Nc1ccc(Cl)c(Cl)c1. The van der Waals surface area contributed by atoms with Gasteiger partial charge in [-0.05, 0) is 18.2 Å². The molecular weight excluding hydrogens is 265 g/mol. The summed E-state index contributed by atoms with van der Waals surface area (Å²) in [6, 6.07) is 4.83. The van der Waals surface area contributed by atoms with Gasteiger partial charge in [-0.1, -0.05) is 28.4 Å². The molecule has 1 aromatic heterocycles. The molecular formula is C9H7Cl2N5O. The number of halogens is 2. The van der Waals surface area contributed by atoms with Crippen LogP contribution >= 0.6 is 23.2 Å². The maximum atomic E-state index is 11.6. The topological polar surface area (TPSA) is 83.6 Å². The van der Waals surface area contributed by atoms with E-state index < -0.39 is 0 Å². The monoisotopic (exact) mass is 271 g/mol. The van der Waals surface area contributed by atoms with E-state index in [4.69, 9.17) is 23.2 Å². The molecule has 0 saturated carbocycles. The molecule has 2 aromatic rings. The van der Waals surface area contributed by atoms with Crippen LogP contribution in [-0.2, 0) is 11.2 Å². The Morgan fingerprint density at radius 3 is 2.82 bits per heavy atom. The molecule has 2 N–H and O–H groups in total. The molecule has 0 saturated heterocycles. The summed E-state index contributed by atoms with van der Waals surface area (Å²) >= 11 is 11.6. The molecule has 0 spiro atoms. The predicted molar refractivity (Wildman–Crippen MR) is 63.0 cm³/mol. The van der Waals surface area contributed by atoms with Crippen molar-refractivity contribution in [2.75, 3.05) is 5.32 Å². The average Bonchev–Trinajstić information content (AvgIpc) is 2.76. The Bertz CT molecular complexity index is 528. The first kappa shape index (κ1) is 11.8. The van der Waals surface area contributed by atoms with Crippen molar-refractivity contribution in [2.45, 2.75) is 6.42 Å². The average molecular weight is 272 g/mol. The van der Waals surface area contributed by atoms with Gasteiger partial charge in [-0.2, -0.15) is 5.21 Å². The van der Waals surface area contributed by atoms with Crippen molar-refractivity contribution in [3.8, 4) is 0 Å². The largest absolute Gasteiger partial charge is 0.326 e. The van der Waals surface area contributed by atoms with Crippen LogP contribution in [0.1, 0.15) is 5.82 Å². The van der Waals surface area contributed by atoms with Gasteiger partial charge in [-0.15, -0.1) is 10.2 Å². The molecule has 0 aliphatic rings. The van der Waals surface area contributed by atoms with Crippen LogP contribution in [0.4, 0.5) is 5.69 Å². The first-order valence-corrected chi connectivity index (χ1v) is 5.38. The van der Waals surface area contributed by atoms with Crippen molar-refractivity contribution in [1.82, 2.24) is 20.6 Å². The molecule has 17 heavy (non-hydrogen) atoms. The Hall–Kier alpha value is -1.66. The number of carbonyl (C=O) groups is 1. The van der Waals surface area contributed by atoms with Gasteiger partial charge in [0.1, 0.15) is 0 Å². The van der Waals surface area contributed by atoms with Gasteiger partial charge in [0.2, 0.25) is 5.91 Å². The molecule has 6 nitrogen and oxygen atoms in total. The summed E-state index contributed by atoms with van der Waals surface area (Å²) in [4.78, 5) is 11.6. The molecule has 0 fully saturated rings. The zero-order chi connectivity index (χ0) is 12.3. The summed E-state index contributed by atoms with van der Waals surface area (Å²) in [5.74, 6) is 0.0624. The summed E-state index contributed by atoms with van der Waals surface area (Å²) in [5.41, 5.74) is 0.563. The molecule has 0 radical (unpaired) electrons. The predicted octanol–water partition coefficient (Wildman–Crippen LogP) is 1.69. The molecule has 2 rings (SSSR count). The van der Waals surface area contributed by atoms with Gasteiger partial charge in [0.15, 0.2) is 5.82 Å². The van der Waals surface area contributed by atoms with Gasteiger partial charge in [0.25, 0.3) is 0 Å². The van der Waals surface area contributed by atoms with E-state index in [-0.39, 0.29) is 12.3 Å². The van der Waals surface area contributed by atoms with Crippen molar-refractivity contribution in [3.05, 3.63) is 34.1 Å². The van der Waals surface area contributed by atoms with E-state index in [1.165, 1.54) is 0 Å². The second-order valence-corrected chi connectivity index (χ2v) is 4.00. The van der Waals surface area contributed by atoms with Crippen LogP contribution in [0.5, 0.6) is 0 Å². The minimum absolute atomic E-state index is 0.0384. The van der Waals surface area contributed by atoms with Crippen LogP contribution < -0.4 is 5.32 Å². The highest BCUT2D eigenvalue weighted by Gasteiger charge is 2.08. The molecule has 1 amide bonds. The zero-order valence-electron chi connectivity index (χ0n) is 8.44. The summed E-state index contributed by atoms with van der Waals surface area (Å²) < 4.78 is 0. The van der Waals surface area contributed by atoms with Crippen molar-refractivity contribution in [2.24, 2.45) is 0 Å². The molecule has 0 unspecified atom stereocenters. The number of aromatic nitrogens is 4. The number of aromatic amines is 1. The van der Waals surface area contributed by atoms with E-state index in [0.29, 0.717) is 21.6 Å². The van der Waals surface area contributed by atoms with E-state index in [9.17, 15) is 4.79 Å². The smallest absolute Gasteiger partial charge is 0.232 e. The lowest BCUT2D eigenvalue weighted by molar-refractivity contribution is -0.115. The second-order valence-electron chi connectivity index (χ2n) is 3.18. The molecule has 0 aliphatic carbocycles. The zero-order valence-corrected chi connectivity index (χ0v) is 9.96. The van der Waals surface area contributed by atoms with Crippen molar-refractivity contribution in [3.63, 3.8) is 0 Å². The Morgan fingerprint density at radius 1 is 1.35 bits per heavy atom. The lowest BCUT2D eigenvalue weighted by Gasteiger charge is -2.04. The van der Waals surface area contributed by atoms with E-state index in [1.807, 2.05) is 0 Å². The third-order valence-electron chi connectivity index (χ3n) is 1.91. The number of amides is 1. The van der Waals surface area contributed by atoms with Crippen molar-refractivity contribution >= 4 is 34.8 Å². The summed E-state index contributed by atoms with van der Waals surface area (Å²) in [6.45, 7) is 0. The number of carbonyl (C=O) groups excluding carboxylic acids is 1. The molecule has 1 aromatic carbocycles. The van der Waals surface area contributed by atoms with Crippen LogP contribution in [0.3, 0.4) is 0 Å². The number of rotatable bonds is 3. The standard InChI is InChI=1S/C9H7Cl2N5O/c10-6-2-1-5(3-7(6)11)12-9(17)4-8-13-15-16-14-8/h1-3H,4H2,(H,12,17)(H,13,14,15,16). The molecule has 88 valence electrons. The van der Waals surface area contributed by atoms with E-state index >= 15 is 0 Å². The quantitative estimate of drug-likeness (QED) is 0.890. The van der Waals surface area contributed by atoms with Crippen LogP contribution in [0.15, 0.2) is 18.2 Å². The van der Waals surface area contributed by atoms with Crippen molar-refractivity contribution in [1.29, 1.82) is 0 Å². The van der Waals surface area contributed by atoms with Gasteiger partial charge in [-0.25, -0.2) is 0 Å². The Balaban J connectivity index is 2.00. The molecule has 1 heterocycles. The number of anilines is 1. The van der Waals surface area contributed by atoms with Crippen LogP contribution in [0, 0.1) is 0 Å². The van der Waals surface area contributed by atoms with E-state index in [0.717, 1.165) is 0 Å². The lowest BCUT2D eigenvalue weighted by Crippen LogP contribution is -2.15. The number of nitrogens with one attached hydrogen (secondary N) is 2. The first-order valence-electron chi connectivity index (χ1n) is 4.62. The summed E-state index contributed by atoms with van der Waals surface area (Å²) in [6.07, 6.45) is 0.0384. The number of nitrogens with zero attached hydrogens (tertiary/aromatic N) is 3. The number of H-pyrrole nitrogens is 1. The Kier molecular flexibility index (Phi) is 3.55. The van der Waals surface area contributed by atoms with Gasteiger partial charge in [0.05, 0.1) is 16.5 Å². The third-order valence-corrected chi connectivity index (χ3v) is 2.65. The highest BCUT2D eigenvalue weighted by Crippen LogP contribution is 2.24. The summed E-state index contributed by atoms with van der Waals surface area (Å²) in [7, 11) is 0. The highest BCUT2D eigenvalue weighted by molar-refractivity contribution is 6.42. The maximum absolute atomic E-state index is 11.6. The second kappa shape index (κ2) is 5.11. The molecule has 0 bridgehead atoms. The normalized spacial score (nSPS) is 10.2. The Labute approximate surface area is 106 Å². The fourth-order valence-electron chi connectivity index (χ4n) is 1.18. The van der Waals surface area contributed by atoms with Crippen molar-refractivity contribution < 1.29 is 4.79 Å². The van der Waals surface area contributed by atoms with E-state index in [2.05, 4.69) is 25.9 Å². The summed E-state index contributed by atoms with van der Waals surface area (Å²) in [5, 5.41) is 16.4. The molecule has 0 aliphatic heterocycles.